The molecule has 0 saturated heterocycles. The molecule has 0 fully saturated rings. The molecule has 0 amide bonds. The summed E-state index contributed by atoms with van der Waals surface area (Å²) in [4.78, 5) is 12.5. The lowest BCUT2D eigenvalue weighted by Crippen LogP contribution is -2.27. The molecule has 3 aromatic rings. The summed E-state index contributed by atoms with van der Waals surface area (Å²) in [5, 5.41) is 0.899. The lowest BCUT2D eigenvalue weighted by Gasteiger charge is -2.27. The highest BCUT2D eigenvalue weighted by Gasteiger charge is 2.25. The standard InChI is InChI=1S/C20H16O3/c1-20(2)11-10-15-16(23-20)9-8-14-12-17(22-19(14)15)18(21)13-6-4-3-5-7-13/h3-12H,1-2H3. The number of hydrogen-bond acceptors (Lipinski definition) is 3. The smallest absolute Gasteiger partial charge is 0.228 e. The van der Waals surface area contributed by atoms with Crippen LogP contribution in [-0.4, -0.2) is 11.4 Å². The Morgan fingerprint density at radius 2 is 1.83 bits per heavy atom. The van der Waals surface area contributed by atoms with Crippen LogP contribution in [-0.2, 0) is 0 Å². The van der Waals surface area contributed by atoms with Crippen molar-refractivity contribution >= 4 is 22.8 Å². The van der Waals surface area contributed by atoms with Gasteiger partial charge in [-0.3, -0.25) is 4.79 Å². The van der Waals surface area contributed by atoms with E-state index in [0.29, 0.717) is 16.9 Å². The molecule has 0 spiro atoms. The highest BCUT2D eigenvalue weighted by Crippen LogP contribution is 2.37. The van der Waals surface area contributed by atoms with Gasteiger partial charge in [-0.15, -0.1) is 0 Å². The van der Waals surface area contributed by atoms with Gasteiger partial charge in [0.2, 0.25) is 5.78 Å². The summed E-state index contributed by atoms with van der Waals surface area (Å²) < 4.78 is 11.8. The van der Waals surface area contributed by atoms with Gasteiger partial charge < -0.3 is 9.15 Å². The number of ketones is 1. The third-order valence-corrected chi connectivity index (χ3v) is 3.97. The van der Waals surface area contributed by atoms with Crippen LogP contribution < -0.4 is 4.74 Å². The molecule has 0 aliphatic carbocycles. The minimum Gasteiger partial charge on any atom is -0.483 e. The van der Waals surface area contributed by atoms with Gasteiger partial charge in [-0.05, 0) is 44.2 Å². The molecule has 0 saturated carbocycles. The largest absolute Gasteiger partial charge is 0.483 e. The Morgan fingerprint density at radius 1 is 1.04 bits per heavy atom. The van der Waals surface area contributed by atoms with Crippen molar-refractivity contribution in [3.05, 3.63) is 71.5 Å². The van der Waals surface area contributed by atoms with E-state index in [1.54, 1.807) is 18.2 Å². The molecule has 0 unspecified atom stereocenters. The first-order chi connectivity index (χ1) is 11.0. The van der Waals surface area contributed by atoms with E-state index < -0.39 is 0 Å². The Morgan fingerprint density at radius 3 is 2.61 bits per heavy atom. The number of rotatable bonds is 2. The van der Waals surface area contributed by atoms with E-state index in [0.717, 1.165) is 16.7 Å². The van der Waals surface area contributed by atoms with Crippen molar-refractivity contribution in [1.82, 2.24) is 0 Å². The number of furan rings is 1. The van der Waals surface area contributed by atoms with Crippen LogP contribution >= 0.6 is 0 Å². The van der Waals surface area contributed by atoms with Gasteiger partial charge in [-0.25, -0.2) is 0 Å². The SMILES string of the molecule is CC1(C)C=Cc2c(ccc3cc(C(=O)c4ccccc4)oc23)O1. The monoisotopic (exact) mass is 304 g/mol. The zero-order valence-electron chi connectivity index (χ0n) is 13.0. The summed E-state index contributed by atoms with van der Waals surface area (Å²) in [6.07, 6.45) is 4.00. The van der Waals surface area contributed by atoms with E-state index in [1.165, 1.54) is 0 Å². The van der Waals surface area contributed by atoms with Crippen LogP contribution in [0, 0.1) is 0 Å². The summed E-state index contributed by atoms with van der Waals surface area (Å²) >= 11 is 0. The highest BCUT2D eigenvalue weighted by molar-refractivity contribution is 6.09. The van der Waals surface area contributed by atoms with Gasteiger partial charge in [0.15, 0.2) is 5.76 Å². The summed E-state index contributed by atoms with van der Waals surface area (Å²) in [7, 11) is 0. The number of benzene rings is 2. The van der Waals surface area contributed by atoms with E-state index in [9.17, 15) is 4.79 Å². The molecular weight excluding hydrogens is 288 g/mol. The molecule has 1 aliphatic heterocycles. The predicted molar refractivity (Wildman–Crippen MR) is 89.8 cm³/mol. The van der Waals surface area contributed by atoms with Crippen molar-refractivity contribution in [2.75, 3.05) is 0 Å². The fourth-order valence-electron chi connectivity index (χ4n) is 2.80. The van der Waals surface area contributed by atoms with Gasteiger partial charge in [0.25, 0.3) is 0 Å². The van der Waals surface area contributed by atoms with Gasteiger partial charge in [0.05, 0.1) is 5.56 Å². The van der Waals surface area contributed by atoms with Crippen LogP contribution in [0.4, 0.5) is 0 Å². The molecule has 0 radical (unpaired) electrons. The second-order valence-electron chi connectivity index (χ2n) is 6.24. The minimum absolute atomic E-state index is 0.114. The van der Waals surface area contributed by atoms with Crippen LogP contribution in [0.15, 0.2) is 59.0 Å². The Bertz CT molecular complexity index is 930. The van der Waals surface area contributed by atoms with Crippen LogP contribution in [0.25, 0.3) is 17.0 Å². The summed E-state index contributed by atoms with van der Waals surface area (Å²) in [5.74, 6) is 1.01. The molecule has 4 rings (SSSR count). The number of ether oxygens (including phenoxy) is 1. The van der Waals surface area contributed by atoms with E-state index in [1.807, 2.05) is 56.3 Å². The molecule has 3 nitrogen and oxygen atoms in total. The predicted octanol–water partition coefficient (Wildman–Crippen LogP) is 4.85. The number of hydrogen-bond donors (Lipinski definition) is 0. The van der Waals surface area contributed by atoms with Gasteiger partial charge >= 0.3 is 0 Å². The van der Waals surface area contributed by atoms with Crippen molar-refractivity contribution in [2.24, 2.45) is 0 Å². The summed E-state index contributed by atoms with van der Waals surface area (Å²) in [6, 6.07) is 14.8. The summed E-state index contributed by atoms with van der Waals surface area (Å²) in [6.45, 7) is 4.01. The molecule has 114 valence electrons. The average Bonchev–Trinajstić information content (AvgIpc) is 2.98. The van der Waals surface area contributed by atoms with Crippen molar-refractivity contribution in [2.45, 2.75) is 19.4 Å². The Hall–Kier alpha value is -2.81. The van der Waals surface area contributed by atoms with E-state index in [4.69, 9.17) is 9.15 Å². The zero-order chi connectivity index (χ0) is 16.0. The quantitative estimate of drug-likeness (QED) is 0.635. The molecule has 0 bridgehead atoms. The second-order valence-corrected chi connectivity index (χ2v) is 6.24. The maximum absolute atomic E-state index is 12.5. The van der Waals surface area contributed by atoms with Crippen molar-refractivity contribution < 1.29 is 13.9 Å². The molecule has 0 N–H and O–H groups in total. The molecule has 1 aromatic heterocycles. The van der Waals surface area contributed by atoms with Gasteiger partial charge in [0, 0.05) is 10.9 Å². The first-order valence-corrected chi connectivity index (χ1v) is 7.58. The van der Waals surface area contributed by atoms with Gasteiger partial charge in [-0.1, -0.05) is 30.3 Å². The van der Waals surface area contributed by atoms with Crippen LogP contribution in [0.2, 0.25) is 0 Å². The Balaban J connectivity index is 1.82. The van der Waals surface area contributed by atoms with Gasteiger partial charge in [-0.2, -0.15) is 0 Å². The lowest BCUT2D eigenvalue weighted by molar-refractivity contribution is 0.101. The number of carbonyl (C=O) groups is 1. The van der Waals surface area contributed by atoms with Crippen LogP contribution in [0.3, 0.4) is 0 Å². The van der Waals surface area contributed by atoms with E-state index in [-0.39, 0.29) is 11.4 Å². The first kappa shape index (κ1) is 13.8. The Labute approximate surface area is 134 Å². The maximum Gasteiger partial charge on any atom is 0.228 e. The molecule has 1 aliphatic rings. The first-order valence-electron chi connectivity index (χ1n) is 7.58. The average molecular weight is 304 g/mol. The highest BCUT2D eigenvalue weighted by atomic mass is 16.5. The van der Waals surface area contributed by atoms with Crippen molar-refractivity contribution in [3.63, 3.8) is 0 Å². The molecule has 3 heteroatoms. The number of fused-ring (bicyclic) bond motifs is 3. The van der Waals surface area contributed by atoms with Crippen LogP contribution in [0.5, 0.6) is 5.75 Å². The lowest BCUT2D eigenvalue weighted by atomic mass is 10.0. The molecule has 2 heterocycles. The van der Waals surface area contributed by atoms with Gasteiger partial charge in [0.1, 0.15) is 16.9 Å². The fraction of sp³-hybridized carbons (Fsp3) is 0.150. The zero-order valence-corrected chi connectivity index (χ0v) is 13.0. The van der Waals surface area contributed by atoms with Crippen molar-refractivity contribution in [3.8, 4) is 5.75 Å². The van der Waals surface area contributed by atoms with Crippen molar-refractivity contribution in [1.29, 1.82) is 0 Å². The maximum atomic E-state index is 12.5. The third-order valence-electron chi connectivity index (χ3n) is 3.97. The molecule has 23 heavy (non-hydrogen) atoms. The van der Waals surface area contributed by atoms with Crippen LogP contribution in [0.1, 0.15) is 35.5 Å². The summed E-state index contributed by atoms with van der Waals surface area (Å²) in [5.41, 5.74) is 1.85. The molecule has 2 aromatic carbocycles. The normalized spacial score (nSPS) is 15.2. The minimum atomic E-state index is -0.337. The third kappa shape index (κ3) is 2.34. The second kappa shape index (κ2) is 4.85. The Kier molecular flexibility index (Phi) is 2.91. The molecular formula is C20H16O3. The van der Waals surface area contributed by atoms with E-state index >= 15 is 0 Å². The van der Waals surface area contributed by atoms with E-state index in [2.05, 4.69) is 0 Å². The number of carbonyl (C=O) groups excluding carboxylic acids is 1. The topological polar surface area (TPSA) is 39.4 Å². The molecule has 0 atom stereocenters. The fourth-order valence-corrected chi connectivity index (χ4v) is 2.80.